The van der Waals surface area contributed by atoms with Crippen LogP contribution in [0, 0.1) is 13.8 Å². The van der Waals surface area contributed by atoms with Gasteiger partial charge in [0, 0.05) is 22.6 Å². The molecule has 1 heterocycles. The molecule has 0 aliphatic rings. The van der Waals surface area contributed by atoms with E-state index in [1.54, 1.807) is 18.2 Å². The standard InChI is InChI=1S/C13H14N2O2S/c1-8-12(9(2)17-15-8)7-14-13(16)10-4-3-5-11(18)6-10/h3-6,18H,7H2,1-2H3,(H,14,16). The van der Waals surface area contributed by atoms with Gasteiger partial charge < -0.3 is 9.84 Å². The quantitative estimate of drug-likeness (QED) is 0.836. The minimum absolute atomic E-state index is 0.133. The first kappa shape index (κ1) is 12.7. The van der Waals surface area contributed by atoms with Crippen LogP contribution in [0.4, 0.5) is 0 Å². The van der Waals surface area contributed by atoms with Crippen molar-refractivity contribution < 1.29 is 9.32 Å². The summed E-state index contributed by atoms with van der Waals surface area (Å²) in [4.78, 5) is 12.7. The molecule has 2 rings (SSSR count). The summed E-state index contributed by atoms with van der Waals surface area (Å²) in [5.74, 6) is 0.599. The van der Waals surface area contributed by atoms with Crippen LogP contribution in [-0.2, 0) is 6.54 Å². The molecule has 18 heavy (non-hydrogen) atoms. The van der Waals surface area contributed by atoms with Crippen LogP contribution in [0.3, 0.4) is 0 Å². The molecule has 0 aliphatic carbocycles. The molecule has 94 valence electrons. The van der Waals surface area contributed by atoms with E-state index in [4.69, 9.17) is 4.52 Å². The fourth-order valence-electron chi connectivity index (χ4n) is 1.67. The molecule has 2 aromatic rings. The molecule has 1 N–H and O–H groups in total. The van der Waals surface area contributed by atoms with Gasteiger partial charge in [0.15, 0.2) is 0 Å². The number of hydrogen-bond donors (Lipinski definition) is 2. The van der Waals surface area contributed by atoms with Crippen LogP contribution in [0.15, 0.2) is 33.7 Å². The van der Waals surface area contributed by atoms with E-state index in [0.29, 0.717) is 12.1 Å². The van der Waals surface area contributed by atoms with Crippen molar-refractivity contribution in [3.05, 3.63) is 46.8 Å². The lowest BCUT2D eigenvalue weighted by molar-refractivity contribution is 0.0950. The molecule has 0 saturated heterocycles. The Labute approximate surface area is 111 Å². The van der Waals surface area contributed by atoms with Crippen LogP contribution in [0.2, 0.25) is 0 Å². The maximum atomic E-state index is 11.9. The lowest BCUT2D eigenvalue weighted by atomic mass is 10.2. The second-order valence-electron chi connectivity index (χ2n) is 4.04. The Bertz CT molecular complexity index is 559. The van der Waals surface area contributed by atoms with Gasteiger partial charge in [-0.3, -0.25) is 4.79 Å². The molecule has 0 bridgehead atoms. The van der Waals surface area contributed by atoms with Gasteiger partial charge in [0.05, 0.1) is 5.69 Å². The minimum Gasteiger partial charge on any atom is -0.361 e. The molecule has 0 aliphatic heterocycles. The number of carbonyl (C=O) groups excluding carboxylic acids is 1. The van der Waals surface area contributed by atoms with Crippen molar-refractivity contribution in [3.8, 4) is 0 Å². The van der Waals surface area contributed by atoms with Crippen molar-refractivity contribution in [2.75, 3.05) is 0 Å². The van der Waals surface area contributed by atoms with Gasteiger partial charge in [-0.15, -0.1) is 12.6 Å². The second-order valence-corrected chi connectivity index (χ2v) is 4.55. The van der Waals surface area contributed by atoms with Crippen LogP contribution in [0.1, 0.15) is 27.4 Å². The molecule has 0 saturated carbocycles. The highest BCUT2D eigenvalue weighted by molar-refractivity contribution is 7.80. The largest absolute Gasteiger partial charge is 0.361 e. The third kappa shape index (κ3) is 2.73. The van der Waals surface area contributed by atoms with Gasteiger partial charge in [-0.2, -0.15) is 0 Å². The summed E-state index contributed by atoms with van der Waals surface area (Å²) >= 11 is 4.20. The third-order valence-electron chi connectivity index (χ3n) is 2.72. The number of nitrogens with one attached hydrogen (secondary N) is 1. The maximum absolute atomic E-state index is 11.9. The Morgan fingerprint density at radius 1 is 1.44 bits per heavy atom. The highest BCUT2D eigenvalue weighted by Crippen LogP contribution is 2.12. The summed E-state index contributed by atoms with van der Waals surface area (Å²) in [6, 6.07) is 7.11. The Hall–Kier alpha value is -1.75. The van der Waals surface area contributed by atoms with Crippen molar-refractivity contribution in [1.29, 1.82) is 0 Å². The van der Waals surface area contributed by atoms with E-state index in [1.807, 2.05) is 19.9 Å². The Balaban J connectivity index is 2.05. The van der Waals surface area contributed by atoms with Crippen molar-refractivity contribution in [2.45, 2.75) is 25.3 Å². The van der Waals surface area contributed by atoms with Gasteiger partial charge in [-0.25, -0.2) is 0 Å². The predicted octanol–water partition coefficient (Wildman–Crippen LogP) is 2.51. The number of thiol groups is 1. The topological polar surface area (TPSA) is 55.1 Å². The van der Waals surface area contributed by atoms with Crippen molar-refractivity contribution in [1.82, 2.24) is 10.5 Å². The number of aromatic nitrogens is 1. The van der Waals surface area contributed by atoms with E-state index >= 15 is 0 Å². The highest BCUT2D eigenvalue weighted by atomic mass is 32.1. The van der Waals surface area contributed by atoms with Gasteiger partial charge in [0.2, 0.25) is 0 Å². The molecule has 0 atom stereocenters. The zero-order valence-corrected chi connectivity index (χ0v) is 11.1. The van der Waals surface area contributed by atoms with Gasteiger partial charge in [0.1, 0.15) is 5.76 Å². The van der Waals surface area contributed by atoms with E-state index in [1.165, 1.54) is 0 Å². The fourth-order valence-corrected chi connectivity index (χ4v) is 1.90. The minimum atomic E-state index is -0.133. The average Bonchev–Trinajstić information content (AvgIpc) is 2.66. The van der Waals surface area contributed by atoms with E-state index in [2.05, 4.69) is 23.1 Å². The molecule has 0 fully saturated rings. The molecule has 0 spiro atoms. The summed E-state index contributed by atoms with van der Waals surface area (Å²) in [6.45, 7) is 4.10. The van der Waals surface area contributed by atoms with E-state index in [9.17, 15) is 4.79 Å². The lowest BCUT2D eigenvalue weighted by Gasteiger charge is -2.05. The molecular weight excluding hydrogens is 248 g/mol. The smallest absolute Gasteiger partial charge is 0.251 e. The summed E-state index contributed by atoms with van der Waals surface area (Å²) < 4.78 is 5.04. The predicted molar refractivity (Wildman–Crippen MR) is 70.8 cm³/mol. The number of aryl methyl sites for hydroxylation is 2. The number of rotatable bonds is 3. The van der Waals surface area contributed by atoms with Crippen LogP contribution >= 0.6 is 12.6 Å². The van der Waals surface area contributed by atoms with Gasteiger partial charge in [0.25, 0.3) is 5.91 Å². The average molecular weight is 262 g/mol. The SMILES string of the molecule is Cc1noc(C)c1CNC(=O)c1cccc(S)c1. The van der Waals surface area contributed by atoms with Crippen molar-refractivity contribution >= 4 is 18.5 Å². The van der Waals surface area contributed by atoms with Gasteiger partial charge in [-0.1, -0.05) is 11.2 Å². The van der Waals surface area contributed by atoms with Crippen LogP contribution in [0.5, 0.6) is 0 Å². The lowest BCUT2D eigenvalue weighted by Crippen LogP contribution is -2.23. The summed E-state index contributed by atoms with van der Waals surface area (Å²) in [5, 5.41) is 6.68. The Kier molecular flexibility index (Phi) is 3.72. The third-order valence-corrected chi connectivity index (χ3v) is 2.99. The Morgan fingerprint density at radius 3 is 2.83 bits per heavy atom. The molecule has 0 unspecified atom stereocenters. The number of benzene rings is 1. The van der Waals surface area contributed by atoms with Crippen LogP contribution < -0.4 is 5.32 Å². The normalized spacial score (nSPS) is 10.4. The van der Waals surface area contributed by atoms with E-state index in [-0.39, 0.29) is 5.91 Å². The zero-order valence-electron chi connectivity index (χ0n) is 10.2. The first-order chi connectivity index (χ1) is 8.58. The molecule has 1 amide bonds. The first-order valence-corrected chi connectivity index (χ1v) is 6.01. The molecule has 5 heteroatoms. The first-order valence-electron chi connectivity index (χ1n) is 5.57. The fraction of sp³-hybridized carbons (Fsp3) is 0.231. The molecular formula is C13H14N2O2S. The number of amides is 1. The number of hydrogen-bond acceptors (Lipinski definition) is 4. The van der Waals surface area contributed by atoms with Crippen molar-refractivity contribution in [2.24, 2.45) is 0 Å². The van der Waals surface area contributed by atoms with Crippen LogP contribution in [0.25, 0.3) is 0 Å². The molecule has 1 aromatic carbocycles. The maximum Gasteiger partial charge on any atom is 0.251 e. The van der Waals surface area contributed by atoms with E-state index in [0.717, 1.165) is 21.9 Å². The number of nitrogens with zero attached hydrogens (tertiary/aromatic N) is 1. The summed E-state index contributed by atoms with van der Waals surface area (Å²) in [7, 11) is 0. The molecule has 4 nitrogen and oxygen atoms in total. The van der Waals surface area contributed by atoms with Gasteiger partial charge in [-0.05, 0) is 32.0 Å². The number of carbonyl (C=O) groups is 1. The van der Waals surface area contributed by atoms with Gasteiger partial charge >= 0.3 is 0 Å². The second kappa shape index (κ2) is 5.27. The summed E-state index contributed by atoms with van der Waals surface area (Å²) in [5.41, 5.74) is 2.32. The van der Waals surface area contributed by atoms with E-state index < -0.39 is 0 Å². The summed E-state index contributed by atoms with van der Waals surface area (Å²) in [6.07, 6.45) is 0. The molecule has 1 aromatic heterocycles. The zero-order chi connectivity index (χ0) is 13.1. The molecule has 0 radical (unpaired) electrons. The monoisotopic (exact) mass is 262 g/mol. The van der Waals surface area contributed by atoms with Crippen LogP contribution in [-0.4, -0.2) is 11.1 Å². The highest BCUT2D eigenvalue weighted by Gasteiger charge is 2.11. The Morgan fingerprint density at radius 2 is 2.22 bits per heavy atom. The van der Waals surface area contributed by atoms with Crippen molar-refractivity contribution in [3.63, 3.8) is 0 Å².